The van der Waals surface area contributed by atoms with Gasteiger partial charge in [0.15, 0.2) is 0 Å². The molecule has 1 saturated heterocycles. The lowest BCUT2D eigenvalue weighted by molar-refractivity contribution is -0.146. The van der Waals surface area contributed by atoms with Crippen LogP contribution in [0.3, 0.4) is 0 Å². The first kappa shape index (κ1) is 9.70. The summed E-state index contributed by atoms with van der Waals surface area (Å²) in [6, 6.07) is 0.902. The van der Waals surface area contributed by atoms with Crippen LogP contribution in [-0.2, 0) is 11.8 Å². The molecule has 6 heteroatoms. The van der Waals surface area contributed by atoms with E-state index in [-0.39, 0.29) is 5.91 Å². The summed E-state index contributed by atoms with van der Waals surface area (Å²) in [7, 11) is 1.71. The number of hydrogen-bond donors (Lipinski definition) is 1. The first-order chi connectivity index (χ1) is 7.09. The van der Waals surface area contributed by atoms with Gasteiger partial charge in [-0.1, -0.05) is 0 Å². The van der Waals surface area contributed by atoms with Crippen LogP contribution in [0, 0.1) is 0 Å². The number of aryl methyl sites for hydroxylation is 1. The first-order valence-corrected chi connectivity index (χ1v) is 4.63. The van der Waals surface area contributed by atoms with Gasteiger partial charge in [0.25, 0.3) is 5.91 Å². The maximum Gasteiger partial charge on any atom is 0.326 e. The Hall–Kier alpha value is -1.85. The highest BCUT2D eigenvalue weighted by Gasteiger charge is 2.38. The maximum absolute atomic E-state index is 11.7. The lowest BCUT2D eigenvalue weighted by Gasteiger charge is -2.37. The van der Waals surface area contributed by atoms with Gasteiger partial charge in [0.05, 0.1) is 0 Å². The fourth-order valence-corrected chi connectivity index (χ4v) is 1.56. The van der Waals surface area contributed by atoms with Crippen LogP contribution in [0.1, 0.15) is 16.9 Å². The highest BCUT2D eigenvalue weighted by Crippen LogP contribution is 2.19. The summed E-state index contributed by atoms with van der Waals surface area (Å²) in [5, 5.41) is 12.7. The minimum Gasteiger partial charge on any atom is -0.480 e. The van der Waals surface area contributed by atoms with Crippen LogP contribution in [-0.4, -0.2) is 44.3 Å². The van der Waals surface area contributed by atoms with Crippen molar-refractivity contribution in [3.05, 3.63) is 18.0 Å². The van der Waals surface area contributed by atoms with Crippen molar-refractivity contribution < 1.29 is 14.7 Å². The molecule has 0 spiro atoms. The summed E-state index contributed by atoms with van der Waals surface area (Å²) < 4.78 is 1.52. The van der Waals surface area contributed by atoms with Gasteiger partial charge < -0.3 is 10.0 Å². The predicted molar refractivity (Wildman–Crippen MR) is 50.3 cm³/mol. The summed E-state index contributed by atoms with van der Waals surface area (Å²) >= 11 is 0. The molecule has 0 bridgehead atoms. The van der Waals surface area contributed by atoms with Gasteiger partial charge in [-0.25, -0.2) is 4.79 Å². The maximum atomic E-state index is 11.7. The SMILES string of the molecule is Cn1ccc(C(=O)N2CCC2C(=O)O)n1. The third-order valence-electron chi connectivity index (χ3n) is 2.50. The molecule has 1 atom stereocenters. The molecule has 1 aliphatic rings. The third kappa shape index (κ3) is 1.58. The van der Waals surface area contributed by atoms with E-state index < -0.39 is 12.0 Å². The second-order valence-electron chi connectivity index (χ2n) is 3.52. The van der Waals surface area contributed by atoms with Crippen LogP contribution in [0.5, 0.6) is 0 Å². The molecule has 2 rings (SSSR count). The Labute approximate surface area is 86.1 Å². The number of carboxylic acid groups (broad SMARTS) is 1. The molecule has 15 heavy (non-hydrogen) atoms. The zero-order valence-electron chi connectivity index (χ0n) is 8.25. The molecule has 1 fully saturated rings. The quantitative estimate of drug-likeness (QED) is 0.726. The van der Waals surface area contributed by atoms with Crippen LogP contribution in [0.25, 0.3) is 0 Å². The van der Waals surface area contributed by atoms with Crippen molar-refractivity contribution in [3.63, 3.8) is 0 Å². The minimum absolute atomic E-state index is 0.295. The van der Waals surface area contributed by atoms with E-state index in [1.807, 2.05) is 0 Å². The monoisotopic (exact) mass is 209 g/mol. The normalized spacial score (nSPS) is 19.8. The zero-order valence-corrected chi connectivity index (χ0v) is 8.25. The van der Waals surface area contributed by atoms with E-state index >= 15 is 0 Å². The average Bonchev–Trinajstić information content (AvgIpc) is 2.48. The number of amides is 1. The van der Waals surface area contributed by atoms with E-state index in [9.17, 15) is 9.59 Å². The summed E-state index contributed by atoms with van der Waals surface area (Å²) in [5.74, 6) is -1.26. The predicted octanol–water partition coefficient (Wildman–Crippen LogP) is -0.281. The molecule has 2 heterocycles. The van der Waals surface area contributed by atoms with E-state index in [0.717, 1.165) is 0 Å². The molecule has 6 nitrogen and oxygen atoms in total. The number of hydrogen-bond acceptors (Lipinski definition) is 3. The van der Waals surface area contributed by atoms with Gasteiger partial charge in [-0.3, -0.25) is 9.48 Å². The van der Waals surface area contributed by atoms with Crippen LogP contribution in [0.15, 0.2) is 12.3 Å². The van der Waals surface area contributed by atoms with E-state index in [0.29, 0.717) is 18.7 Å². The van der Waals surface area contributed by atoms with Gasteiger partial charge in [-0.15, -0.1) is 0 Å². The van der Waals surface area contributed by atoms with Crippen molar-refractivity contribution >= 4 is 11.9 Å². The molecule has 1 aliphatic heterocycles. The first-order valence-electron chi connectivity index (χ1n) is 4.63. The highest BCUT2D eigenvalue weighted by molar-refractivity contribution is 5.95. The zero-order chi connectivity index (χ0) is 11.0. The lowest BCUT2D eigenvalue weighted by Crippen LogP contribution is -2.55. The molecule has 1 aromatic rings. The summed E-state index contributed by atoms with van der Waals surface area (Å²) in [4.78, 5) is 23.8. The van der Waals surface area contributed by atoms with Crippen molar-refractivity contribution in [1.29, 1.82) is 0 Å². The molecule has 0 saturated carbocycles. The minimum atomic E-state index is -0.953. The van der Waals surface area contributed by atoms with Gasteiger partial charge >= 0.3 is 5.97 Å². The van der Waals surface area contributed by atoms with Gasteiger partial charge in [-0.05, 0) is 12.5 Å². The average molecular weight is 209 g/mol. The van der Waals surface area contributed by atoms with Crippen molar-refractivity contribution in [2.45, 2.75) is 12.5 Å². The molecule has 1 aromatic heterocycles. The third-order valence-corrected chi connectivity index (χ3v) is 2.50. The number of nitrogens with zero attached hydrogens (tertiary/aromatic N) is 3. The molecular weight excluding hydrogens is 198 g/mol. The number of aromatic nitrogens is 2. The van der Waals surface area contributed by atoms with Crippen LogP contribution < -0.4 is 0 Å². The molecule has 80 valence electrons. The standard InChI is InChI=1S/C9H11N3O3/c1-11-4-2-6(10-11)8(13)12-5-3-7(12)9(14)15/h2,4,7H,3,5H2,1H3,(H,14,15). The van der Waals surface area contributed by atoms with E-state index in [1.54, 1.807) is 19.3 Å². The van der Waals surface area contributed by atoms with Gasteiger partial charge in [0.1, 0.15) is 11.7 Å². The summed E-state index contributed by atoms with van der Waals surface area (Å²) in [6.45, 7) is 0.492. The fourth-order valence-electron chi connectivity index (χ4n) is 1.56. The van der Waals surface area contributed by atoms with E-state index in [2.05, 4.69) is 5.10 Å². The molecule has 1 N–H and O–H groups in total. The Kier molecular flexibility index (Phi) is 2.18. The Balaban J connectivity index is 2.12. The molecule has 0 radical (unpaired) electrons. The number of likely N-dealkylation sites (tertiary alicyclic amines) is 1. The molecule has 0 aromatic carbocycles. The van der Waals surface area contributed by atoms with Crippen molar-refractivity contribution in [3.8, 4) is 0 Å². The Bertz CT molecular complexity index is 412. The van der Waals surface area contributed by atoms with Gasteiger partial charge in [0.2, 0.25) is 0 Å². The Morgan fingerprint density at radius 1 is 1.60 bits per heavy atom. The number of carboxylic acids is 1. The molecule has 0 aliphatic carbocycles. The van der Waals surface area contributed by atoms with Gasteiger partial charge in [0, 0.05) is 19.8 Å². The Morgan fingerprint density at radius 2 is 2.33 bits per heavy atom. The second-order valence-corrected chi connectivity index (χ2v) is 3.52. The fraction of sp³-hybridized carbons (Fsp3) is 0.444. The molecule has 1 amide bonds. The smallest absolute Gasteiger partial charge is 0.326 e. The van der Waals surface area contributed by atoms with E-state index in [1.165, 1.54) is 9.58 Å². The number of rotatable bonds is 2. The summed E-state index contributed by atoms with van der Waals surface area (Å²) in [6.07, 6.45) is 2.18. The Morgan fingerprint density at radius 3 is 2.73 bits per heavy atom. The lowest BCUT2D eigenvalue weighted by atomic mass is 10.0. The molecule has 1 unspecified atom stereocenters. The number of carbonyl (C=O) groups excluding carboxylic acids is 1. The number of carbonyl (C=O) groups is 2. The summed E-state index contributed by atoms with van der Waals surface area (Å²) in [5.41, 5.74) is 0.295. The largest absolute Gasteiger partial charge is 0.480 e. The highest BCUT2D eigenvalue weighted by atomic mass is 16.4. The van der Waals surface area contributed by atoms with Crippen molar-refractivity contribution in [2.75, 3.05) is 6.54 Å². The molecular formula is C9H11N3O3. The van der Waals surface area contributed by atoms with Crippen LogP contribution in [0.2, 0.25) is 0 Å². The number of aliphatic carboxylic acids is 1. The van der Waals surface area contributed by atoms with Crippen LogP contribution >= 0.6 is 0 Å². The second kappa shape index (κ2) is 3.38. The topological polar surface area (TPSA) is 75.4 Å². The van der Waals surface area contributed by atoms with E-state index in [4.69, 9.17) is 5.11 Å². The van der Waals surface area contributed by atoms with Gasteiger partial charge in [-0.2, -0.15) is 5.10 Å². The van der Waals surface area contributed by atoms with Crippen molar-refractivity contribution in [2.24, 2.45) is 7.05 Å². The van der Waals surface area contributed by atoms with Crippen LogP contribution in [0.4, 0.5) is 0 Å². The van der Waals surface area contributed by atoms with Crippen molar-refractivity contribution in [1.82, 2.24) is 14.7 Å².